The minimum Gasteiger partial charge on any atom is -0.497 e. The van der Waals surface area contributed by atoms with Crippen LogP contribution in [-0.4, -0.2) is 21.7 Å². The summed E-state index contributed by atoms with van der Waals surface area (Å²) in [7, 11) is 1.66. The molecular formula is C13H14N4OS. The maximum atomic E-state index is 5.66. The molecule has 1 aromatic carbocycles. The molecule has 98 valence electrons. The molecule has 0 aliphatic carbocycles. The third-order valence-electron chi connectivity index (χ3n) is 2.92. The molecule has 0 bridgehead atoms. The van der Waals surface area contributed by atoms with Gasteiger partial charge in [0.25, 0.3) is 0 Å². The monoisotopic (exact) mass is 274 g/mol. The number of fused-ring (bicyclic) bond motifs is 1. The van der Waals surface area contributed by atoms with E-state index in [4.69, 9.17) is 10.5 Å². The lowest BCUT2D eigenvalue weighted by molar-refractivity contribution is 0.414. The van der Waals surface area contributed by atoms with E-state index in [0.29, 0.717) is 13.0 Å². The molecule has 0 aliphatic rings. The summed E-state index contributed by atoms with van der Waals surface area (Å²) in [5.41, 5.74) is 7.81. The van der Waals surface area contributed by atoms with Crippen LogP contribution in [0.15, 0.2) is 29.6 Å². The van der Waals surface area contributed by atoms with Gasteiger partial charge in [0.1, 0.15) is 5.75 Å². The van der Waals surface area contributed by atoms with Gasteiger partial charge in [-0.3, -0.25) is 0 Å². The first kappa shape index (κ1) is 12.1. The van der Waals surface area contributed by atoms with Crippen LogP contribution < -0.4 is 10.5 Å². The molecule has 0 unspecified atom stereocenters. The Morgan fingerprint density at radius 3 is 2.79 bits per heavy atom. The van der Waals surface area contributed by atoms with Crippen molar-refractivity contribution in [2.75, 3.05) is 7.11 Å². The van der Waals surface area contributed by atoms with Crippen molar-refractivity contribution in [3.05, 3.63) is 46.7 Å². The van der Waals surface area contributed by atoms with Gasteiger partial charge >= 0.3 is 0 Å². The first-order valence-electron chi connectivity index (χ1n) is 5.95. The lowest BCUT2D eigenvalue weighted by Crippen LogP contribution is -2.01. The molecule has 0 radical (unpaired) electrons. The first-order valence-corrected chi connectivity index (χ1v) is 6.83. The Hall–Kier alpha value is -1.92. The van der Waals surface area contributed by atoms with Crippen molar-refractivity contribution in [1.82, 2.24) is 14.6 Å². The third kappa shape index (κ3) is 2.32. The molecule has 0 saturated heterocycles. The highest BCUT2D eigenvalue weighted by atomic mass is 32.1. The van der Waals surface area contributed by atoms with E-state index in [1.807, 2.05) is 34.2 Å². The number of benzene rings is 1. The molecule has 2 heterocycles. The van der Waals surface area contributed by atoms with E-state index in [9.17, 15) is 0 Å². The van der Waals surface area contributed by atoms with E-state index in [-0.39, 0.29) is 0 Å². The molecule has 2 N–H and O–H groups in total. The van der Waals surface area contributed by atoms with Gasteiger partial charge in [-0.05, 0) is 17.7 Å². The highest BCUT2D eigenvalue weighted by Gasteiger charge is 2.09. The fraction of sp³-hybridized carbons (Fsp3) is 0.231. The highest BCUT2D eigenvalue weighted by molar-refractivity contribution is 7.15. The van der Waals surface area contributed by atoms with Crippen LogP contribution in [0.4, 0.5) is 0 Å². The summed E-state index contributed by atoms with van der Waals surface area (Å²) in [6.45, 7) is 0.478. The Bertz CT molecular complexity index is 686. The van der Waals surface area contributed by atoms with Crippen molar-refractivity contribution in [3.8, 4) is 5.75 Å². The number of ether oxygens (including phenoxy) is 1. The molecule has 6 heteroatoms. The minimum absolute atomic E-state index is 0.478. The van der Waals surface area contributed by atoms with Gasteiger partial charge < -0.3 is 10.5 Å². The van der Waals surface area contributed by atoms with Crippen molar-refractivity contribution >= 4 is 16.3 Å². The van der Waals surface area contributed by atoms with Gasteiger partial charge in [-0.2, -0.15) is 0 Å². The van der Waals surface area contributed by atoms with Crippen molar-refractivity contribution in [2.45, 2.75) is 13.0 Å². The molecule has 0 atom stereocenters. The second kappa shape index (κ2) is 4.99. The van der Waals surface area contributed by atoms with Crippen molar-refractivity contribution < 1.29 is 4.74 Å². The minimum atomic E-state index is 0.478. The summed E-state index contributed by atoms with van der Waals surface area (Å²) < 4.78 is 6.96. The Kier molecular flexibility index (Phi) is 3.18. The zero-order chi connectivity index (χ0) is 13.2. The number of aromatic nitrogens is 3. The van der Waals surface area contributed by atoms with E-state index < -0.39 is 0 Å². The van der Waals surface area contributed by atoms with Gasteiger partial charge in [-0.25, -0.2) is 9.50 Å². The fourth-order valence-corrected chi connectivity index (χ4v) is 2.76. The summed E-state index contributed by atoms with van der Waals surface area (Å²) in [6, 6.07) is 7.94. The van der Waals surface area contributed by atoms with E-state index in [1.165, 1.54) is 0 Å². The van der Waals surface area contributed by atoms with Crippen LogP contribution in [0.2, 0.25) is 0 Å². The molecule has 0 spiro atoms. The SMILES string of the molecule is COc1ccc(Cc2nc3scc(CN)n3n2)cc1. The van der Waals surface area contributed by atoms with Gasteiger partial charge in [0.15, 0.2) is 5.82 Å². The molecule has 0 saturated carbocycles. The average molecular weight is 274 g/mol. The largest absolute Gasteiger partial charge is 0.497 e. The molecule has 3 rings (SSSR count). The van der Waals surface area contributed by atoms with E-state index in [2.05, 4.69) is 10.1 Å². The van der Waals surface area contributed by atoms with E-state index >= 15 is 0 Å². The van der Waals surface area contributed by atoms with Crippen LogP contribution in [-0.2, 0) is 13.0 Å². The van der Waals surface area contributed by atoms with Gasteiger partial charge in [-0.1, -0.05) is 12.1 Å². The molecule has 19 heavy (non-hydrogen) atoms. The van der Waals surface area contributed by atoms with Crippen LogP contribution in [0, 0.1) is 0 Å². The number of hydrogen-bond acceptors (Lipinski definition) is 5. The molecule has 0 amide bonds. The van der Waals surface area contributed by atoms with Crippen molar-refractivity contribution in [1.29, 1.82) is 0 Å². The number of thiazole rings is 1. The molecule has 5 nitrogen and oxygen atoms in total. The van der Waals surface area contributed by atoms with Crippen LogP contribution in [0.1, 0.15) is 17.1 Å². The summed E-state index contributed by atoms with van der Waals surface area (Å²) in [6.07, 6.45) is 0.711. The second-order valence-corrected chi connectivity index (χ2v) is 5.01. The summed E-state index contributed by atoms with van der Waals surface area (Å²) in [5.74, 6) is 1.67. The van der Waals surface area contributed by atoms with Gasteiger partial charge in [0.05, 0.1) is 12.8 Å². The highest BCUT2D eigenvalue weighted by Crippen LogP contribution is 2.17. The van der Waals surface area contributed by atoms with E-state index in [1.54, 1.807) is 18.4 Å². The molecule has 0 fully saturated rings. The topological polar surface area (TPSA) is 65.4 Å². The van der Waals surface area contributed by atoms with Crippen LogP contribution >= 0.6 is 11.3 Å². The number of hydrogen-bond donors (Lipinski definition) is 1. The lowest BCUT2D eigenvalue weighted by atomic mass is 10.1. The maximum Gasteiger partial charge on any atom is 0.212 e. The van der Waals surface area contributed by atoms with Gasteiger partial charge in [-0.15, -0.1) is 16.4 Å². The smallest absolute Gasteiger partial charge is 0.212 e. The summed E-state index contributed by atoms with van der Waals surface area (Å²) >= 11 is 1.57. The third-order valence-corrected chi connectivity index (χ3v) is 3.79. The summed E-state index contributed by atoms with van der Waals surface area (Å²) in [5, 5.41) is 6.48. The number of nitrogens with two attached hydrogens (primary N) is 1. The maximum absolute atomic E-state index is 5.66. The van der Waals surface area contributed by atoms with Gasteiger partial charge in [0, 0.05) is 18.3 Å². The Balaban J connectivity index is 1.85. The second-order valence-electron chi connectivity index (χ2n) is 4.18. The average Bonchev–Trinajstić information content (AvgIpc) is 2.99. The molecule has 0 aliphatic heterocycles. The Morgan fingerprint density at radius 2 is 2.11 bits per heavy atom. The van der Waals surface area contributed by atoms with Crippen molar-refractivity contribution in [2.24, 2.45) is 5.73 Å². The predicted octanol–water partition coefficient (Wildman–Crippen LogP) is 1.85. The standard InChI is InChI=1S/C13H14N4OS/c1-18-11-4-2-9(3-5-11)6-12-15-13-17(16-12)10(7-14)8-19-13/h2-5,8H,6-7,14H2,1H3. The number of methoxy groups -OCH3 is 1. The van der Waals surface area contributed by atoms with Crippen LogP contribution in [0.3, 0.4) is 0 Å². The molecule has 2 aromatic heterocycles. The Morgan fingerprint density at radius 1 is 1.32 bits per heavy atom. The van der Waals surface area contributed by atoms with Crippen molar-refractivity contribution in [3.63, 3.8) is 0 Å². The first-order chi connectivity index (χ1) is 9.30. The zero-order valence-electron chi connectivity index (χ0n) is 10.5. The van der Waals surface area contributed by atoms with Crippen LogP contribution in [0.25, 0.3) is 4.96 Å². The zero-order valence-corrected chi connectivity index (χ0v) is 11.4. The quantitative estimate of drug-likeness (QED) is 0.788. The normalized spacial score (nSPS) is 11.1. The molecule has 3 aromatic rings. The number of rotatable bonds is 4. The van der Waals surface area contributed by atoms with Crippen LogP contribution in [0.5, 0.6) is 5.75 Å². The van der Waals surface area contributed by atoms with E-state index in [0.717, 1.165) is 27.8 Å². The number of nitrogens with zero attached hydrogens (tertiary/aromatic N) is 3. The molecular weight excluding hydrogens is 260 g/mol. The fourth-order valence-electron chi connectivity index (χ4n) is 1.91. The predicted molar refractivity (Wildman–Crippen MR) is 74.6 cm³/mol. The Labute approximate surface area is 114 Å². The lowest BCUT2D eigenvalue weighted by Gasteiger charge is -2.00. The summed E-state index contributed by atoms with van der Waals surface area (Å²) in [4.78, 5) is 5.40. The van der Waals surface area contributed by atoms with Gasteiger partial charge in [0.2, 0.25) is 4.96 Å².